The number of carbonyl (C=O) groups is 1. The quantitative estimate of drug-likeness (QED) is 0.614. The molecular weight excluding hydrogens is 361 g/mol. The third kappa shape index (κ3) is 4.94. The van der Waals surface area contributed by atoms with Crippen molar-refractivity contribution < 1.29 is 18.7 Å². The van der Waals surface area contributed by atoms with Gasteiger partial charge >= 0.3 is 0 Å². The molecule has 0 atom stereocenters. The van der Waals surface area contributed by atoms with Gasteiger partial charge in [-0.3, -0.25) is 9.69 Å². The lowest BCUT2D eigenvalue weighted by molar-refractivity contribution is 0.0339. The Morgan fingerprint density at radius 2 is 2.00 bits per heavy atom. The van der Waals surface area contributed by atoms with Gasteiger partial charge in [-0.1, -0.05) is 12.1 Å². The van der Waals surface area contributed by atoms with E-state index in [0.29, 0.717) is 5.71 Å². The molecule has 1 aliphatic heterocycles. The molecule has 148 valence electrons. The smallest absolute Gasteiger partial charge is 0.274 e. The maximum Gasteiger partial charge on any atom is 0.274 e. The molecule has 7 heteroatoms. The van der Waals surface area contributed by atoms with Crippen molar-refractivity contribution in [3.8, 4) is 5.75 Å². The molecule has 1 heterocycles. The second-order valence-corrected chi connectivity index (χ2v) is 6.53. The Bertz CT molecular complexity index is 864. The summed E-state index contributed by atoms with van der Waals surface area (Å²) in [6, 6.07) is 11.6. The molecule has 0 radical (unpaired) electrons. The fourth-order valence-corrected chi connectivity index (χ4v) is 3.03. The number of hydrogen-bond donors (Lipinski definition) is 1. The number of halogens is 1. The number of rotatable bonds is 6. The summed E-state index contributed by atoms with van der Waals surface area (Å²) < 4.78 is 24.6. The fourth-order valence-electron chi connectivity index (χ4n) is 3.03. The maximum absolute atomic E-state index is 13.7. The van der Waals surface area contributed by atoms with Gasteiger partial charge in [-0.05, 0) is 42.8 Å². The molecule has 3 rings (SSSR count). The predicted molar refractivity (Wildman–Crippen MR) is 105 cm³/mol. The third-order valence-corrected chi connectivity index (χ3v) is 4.64. The summed E-state index contributed by atoms with van der Waals surface area (Å²) in [6.07, 6.45) is 0. The second kappa shape index (κ2) is 9.43. The number of hydrazone groups is 1. The number of carbonyl (C=O) groups excluding carboxylic acids is 1. The third-order valence-electron chi connectivity index (χ3n) is 4.64. The van der Waals surface area contributed by atoms with Crippen molar-refractivity contribution in [2.24, 2.45) is 5.10 Å². The van der Waals surface area contributed by atoms with Crippen LogP contribution >= 0.6 is 0 Å². The maximum atomic E-state index is 13.7. The van der Waals surface area contributed by atoms with Crippen LogP contribution in [0.2, 0.25) is 0 Å². The highest BCUT2D eigenvalue weighted by atomic mass is 19.1. The molecule has 0 bridgehead atoms. The summed E-state index contributed by atoms with van der Waals surface area (Å²) in [5, 5.41) is 4.13. The number of amides is 1. The van der Waals surface area contributed by atoms with E-state index < -0.39 is 11.7 Å². The Morgan fingerprint density at radius 1 is 1.25 bits per heavy atom. The van der Waals surface area contributed by atoms with Gasteiger partial charge in [-0.25, -0.2) is 9.82 Å². The zero-order chi connectivity index (χ0) is 19.9. The van der Waals surface area contributed by atoms with Crippen LogP contribution in [-0.2, 0) is 11.3 Å². The van der Waals surface area contributed by atoms with Crippen LogP contribution in [-0.4, -0.2) is 49.9 Å². The lowest BCUT2D eigenvalue weighted by Gasteiger charge is -2.27. The first kappa shape index (κ1) is 20.0. The minimum absolute atomic E-state index is 0.0400. The number of nitrogens with zero attached hydrogens (tertiary/aromatic N) is 2. The SMILES string of the molecule is COc1ccc(/C(C)=N\NC(=O)c2ccccc2F)cc1CN1CCOCC1. The normalized spacial score (nSPS) is 15.3. The van der Waals surface area contributed by atoms with Crippen LogP contribution in [0.3, 0.4) is 0 Å². The first-order chi connectivity index (χ1) is 13.6. The van der Waals surface area contributed by atoms with Gasteiger partial charge in [0.05, 0.1) is 31.6 Å². The van der Waals surface area contributed by atoms with Gasteiger partial charge in [-0.15, -0.1) is 0 Å². The van der Waals surface area contributed by atoms with Crippen molar-refractivity contribution >= 4 is 11.6 Å². The Morgan fingerprint density at radius 3 is 2.71 bits per heavy atom. The van der Waals surface area contributed by atoms with Crippen molar-refractivity contribution in [3.63, 3.8) is 0 Å². The summed E-state index contributed by atoms with van der Waals surface area (Å²) in [5.41, 5.74) is 4.90. The van der Waals surface area contributed by atoms with E-state index in [2.05, 4.69) is 15.4 Å². The summed E-state index contributed by atoms with van der Waals surface area (Å²) >= 11 is 0. The van der Waals surface area contributed by atoms with Crippen molar-refractivity contribution in [3.05, 3.63) is 65.0 Å². The summed E-state index contributed by atoms with van der Waals surface area (Å²) in [4.78, 5) is 14.4. The van der Waals surface area contributed by atoms with Crippen molar-refractivity contribution in [2.75, 3.05) is 33.4 Å². The van der Waals surface area contributed by atoms with Crippen LogP contribution in [0.1, 0.15) is 28.4 Å². The van der Waals surface area contributed by atoms with E-state index in [9.17, 15) is 9.18 Å². The monoisotopic (exact) mass is 385 g/mol. The zero-order valence-corrected chi connectivity index (χ0v) is 16.1. The summed E-state index contributed by atoms with van der Waals surface area (Å²) in [7, 11) is 1.65. The molecule has 28 heavy (non-hydrogen) atoms. The molecule has 0 aliphatic carbocycles. The Labute approximate surface area is 163 Å². The lowest BCUT2D eigenvalue weighted by Crippen LogP contribution is -2.35. The van der Waals surface area contributed by atoms with Crippen molar-refractivity contribution in [2.45, 2.75) is 13.5 Å². The molecule has 1 fully saturated rings. The number of methoxy groups -OCH3 is 1. The Kier molecular flexibility index (Phi) is 6.73. The number of hydrogen-bond acceptors (Lipinski definition) is 5. The van der Waals surface area contributed by atoms with Crippen LogP contribution in [0.25, 0.3) is 0 Å². The van der Waals surface area contributed by atoms with Crippen LogP contribution < -0.4 is 10.2 Å². The van der Waals surface area contributed by atoms with E-state index in [0.717, 1.165) is 49.7 Å². The van der Waals surface area contributed by atoms with Crippen molar-refractivity contribution in [1.29, 1.82) is 0 Å². The molecule has 1 aliphatic rings. The molecule has 0 aromatic heterocycles. The van der Waals surface area contributed by atoms with E-state index in [-0.39, 0.29) is 5.56 Å². The summed E-state index contributed by atoms with van der Waals surface area (Å²) in [6.45, 7) is 5.74. The van der Waals surface area contributed by atoms with Gasteiger partial charge in [0, 0.05) is 25.2 Å². The molecular formula is C21H24FN3O3. The molecule has 1 amide bonds. The first-order valence-corrected chi connectivity index (χ1v) is 9.15. The number of ether oxygens (including phenoxy) is 2. The van der Waals surface area contributed by atoms with Gasteiger partial charge in [0.1, 0.15) is 11.6 Å². The Hall–Kier alpha value is -2.77. The van der Waals surface area contributed by atoms with Gasteiger partial charge < -0.3 is 9.47 Å². The molecule has 6 nitrogen and oxygen atoms in total. The predicted octanol–water partition coefficient (Wildman–Crippen LogP) is 2.82. The van der Waals surface area contributed by atoms with Crippen LogP contribution in [0.15, 0.2) is 47.6 Å². The van der Waals surface area contributed by atoms with Crippen molar-refractivity contribution in [1.82, 2.24) is 10.3 Å². The number of morpholine rings is 1. The average molecular weight is 385 g/mol. The molecule has 0 saturated carbocycles. The topological polar surface area (TPSA) is 63.2 Å². The highest BCUT2D eigenvalue weighted by Crippen LogP contribution is 2.22. The van der Waals surface area contributed by atoms with Crippen LogP contribution in [0.5, 0.6) is 5.75 Å². The molecule has 2 aromatic carbocycles. The van der Waals surface area contributed by atoms with E-state index in [1.807, 2.05) is 18.2 Å². The second-order valence-electron chi connectivity index (χ2n) is 6.53. The highest BCUT2D eigenvalue weighted by molar-refractivity contribution is 6.01. The first-order valence-electron chi connectivity index (χ1n) is 9.15. The molecule has 1 saturated heterocycles. The van der Waals surface area contributed by atoms with Gasteiger partial charge in [0.25, 0.3) is 5.91 Å². The number of nitrogens with one attached hydrogen (secondary N) is 1. The minimum Gasteiger partial charge on any atom is -0.496 e. The van der Waals surface area contributed by atoms with Crippen LogP contribution in [0, 0.1) is 5.82 Å². The fraction of sp³-hybridized carbons (Fsp3) is 0.333. The van der Waals surface area contributed by atoms with E-state index in [4.69, 9.17) is 9.47 Å². The van der Waals surface area contributed by atoms with Gasteiger partial charge in [0.15, 0.2) is 0 Å². The van der Waals surface area contributed by atoms with E-state index >= 15 is 0 Å². The van der Waals surface area contributed by atoms with E-state index in [1.165, 1.54) is 18.2 Å². The molecule has 2 aromatic rings. The Balaban J connectivity index is 1.74. The largest absolute Gasteiger partial charge is 0.496 e. The van der Waals surface area contributed by atoms with Gasteiger partial charge in [-0.2, -0.15) is 5.10 Å². The molecule has 0 unspecified atom stereocenters. The minimum atomic E-state index is -0.584. The average Bonchev–Trinajstić information content (AvgIpc) is 2.73. The standard InChI is InChI=1S/C21H24FN3O3/c1-15(23-24-21(26)18-5-3-4-6-19(18)22)16-7-8-20(27-2)17(13-16)14-25-9-11-28-12-10-25/h3-8,13H,9-12,14H2,1-2H3,(H,24,26)/b23-15-. The van der Waals surface area contributed by atoms with Crippen LogP contribution in [0.4, 0.5) is 4.39 Å². The number of benzene rings is 2. The zero-order valence-electron chi connectivity index (χ0n) is 16.1. The van der Waals surface area contributed by atoms with Gasteiger partial charge in [0.2, 0.25) is 0 Å². The lowest BCUT2D eigenvalue weighted by atomic mass is 10.1. The highest BCUT2D eigenvalue weighted by Gasteiger charge is 2.15. The summed E-state index contributed by atoms with van der Waals surface area (Å²) in [5.74, 6) is -0.358. The molecule has 1 N–H and O–H groups in total. The molecule has 0 spiro atoms. The van der Waals surface area contributed by atoms with E-state index in [1.54, 1.807) is 20.1 Å².